The number of unbranched alkanes of at least 4 members (excludes halogenated alkanes) is 8. The van der Waals surface area contributed by atoms with Crippen LogP contribution in [0.5, 0.6) is 0 Å². The van der Waals surface area contributed by atoms with E-state index in [4.69, 9.17) is 4.74 Å². The van der Waals surface area contributed by atoms with Crippen molar-refractivity contribution < 1.29 is 4.74 Å². The van der Waals surface area contributed by atoms with Crippen LogP contribution in [-0.4, -0.2) is 13.2 Å². The second kappa shape index (κ2) is 14.1. The van der Waals surface area contributed by atoms with Gasteiger partial charge in [-0.25, -0.2) is 0 Å². The molecule has 0 N–H and O–H groups in total. The van der Waals surface area contributed by atoms with Crippen LogP contribution in [0.25, 0.3) is 0 Å². The first-order valence-electron chi connectivity index (χ1n) is 11.6. The third-order valence-electron chi connectivity index (χ3n) is 5.83. The van der Waals surface area contributed by atoms with Crippen molar-refractivity contribution in [2.45, 2.75) is 124 Å². The summed E-state index contributed by atoms with van der Waals surface area (Å²) in [6, 6.07) is 0. The summed E-state index contributed by atoms with van der Waals surface area (Å²) in [5, 5.41) is 0. The van der Waals surface area contributed by atoms with Gasteiger partial charge in [0.15, 0.2) is 0 Å². The molecule has 1 rings (SSSR count). The van der Waals surface area contributed by atoms with Gasteiger partial charge in [0.1, 0.15) is 0 Å². The van der Waals surface area contributed by atoms with E-state index in [0.29, 0.717) is 5.41 Å². The minimum absolute atomic E-state index is 0.457. The maximum Gasteiger partial charge on any atom is 0.0466 e. The van der Waals surface area contributed by atoms with E-state index in [0.717, 1.165) is 25.0 Å². The van der Waals surface area contributed by atoms with Crippen LogP contribution in [0.1, 0.15) is 124 Å². The van der Waals surface area contributed by atoms with Crippen LogP contribution in [0, 0.1) is 17.3 Å². The predicted octanol–water partition coefficient (Wildman–Crippen LogP) is 8.17. The Hall–Kier alpha value is -0.0400. The van der Waals surface area contributed by atoms with Gasteiger partial charge in [-0.2, -0.15) is 0 Å². The first kappa shape index (κ1) is 23.0. The highest BCUT2D eigenvalue weighted by Crippen LogP contribution is 2.45. The van der Waals surface area contributed by atoms with E-state index in [9.17, 15) is 0 Å². The van der Waals surface area contributed by atoms with Crippen molar-refractivity contribution in [2.75, 3.05) is 13.2 Å². The van der Waals surface area contributed by atoms with E-state index in [-0.39, 0.29) is 0 Å². The van der Waals surface area contributed by atoms with Gasteiger partial charge in [0, 0.05) is 13.2 Å². The molecule has 25 heavy (non-hydrogen) atoms. The summed E-state index contributed by atoms with van der Waals surface area (Å²) in [5.74, 6) is 2.21. The van der Waals surface area contributed by atoms with Crippen LogP contribution in [-0.2, 0) is 4.74 Å². The highest BCUT2D eigenvalue weighted by molar-refractivity contribution is 4.85. The molecular weight excluding hydrogens is 304 g/mol. The molecular formula is C24H48O. The Labute approximate surface area is 159 Å². The molecule has 0 aromatic rings. The molecule has 1 aliphatic rings. The molecule has 0 spiro atoms. The Morgan fingerprint density at radius 3 is 1.80 bits per heavy atom. The molecule has 1 fully saturated rings. The Morgan fingerprint density at radius 2 is 1.20 bits per heavy atom. The molecule has 1 heteroatoms. The normalized spacial score (nSPS) is 20.2. The fourth-order valence-corrected chi connectivity index (χ4v) is 3.98. The van der Waals surface area contributed by atoms with Crippen molar-refractivity contribution in [2.24, 2.45) is 17.3 Å². The van der Waals surface area contributed by atoms with Crippen LogP contribution < -0.4 is 0 Å². The minimum atomic E-state index is 0.457. The standard InChI is InChI=1S/C24H48O/c1-5-6-7-8-9-12-16-22-21-23(22)17-13-10-11-14-19-25-20-15-18-24(2,3)4/h22-23H,5-21H2,1-4H3. The molecule has 0 bridgehead atoms. The fourth-order valence-electron chi connectivity index (χ4n) is 3.98. The quantitative estimate of drug-likeness (QED) is 0.240. The van der Waals surface area contributed by atoms with Gasteiger partial charge in [-0.15, -0.1) is 0 Å². The van der Waals surface area contributed by atoms with Gasteiger partial charge >= 0.3 is 0 Å². The molecule has 1 aliphatic carbocycles. The highest BCUT2D eigenvalue weighted by Gasteiger charge is 2.34. The van der Waals surface area contributed by atoms with Crippen molar-refractivity contribution >= 4 is 0 Å². The third kappa shape index (κ3) is 14.8. The molecule has 0 aromatic heterocycles. The summed E-state index contributed by atoms with van der Waals surface area (Å²) < 4.78 is 5.77. The molecule has 2 atom stereocenters. The average Bonchev–Trinajstić information content (AvgIpc) is 3.30. The minimum Gasteiger partial charge on any atom is -0.381 e. The van der Waals surface area contributed by atoms with Crippen LogP contribution in [0.4, 0.5) is 0 Å². The van der Waals surface area contributed by atoms with E-state index in [1.807, 2.05) is 0 Å². The van der Waals surface area contributed by atoms with Gasteiger partial charge in [-0.1, -0.05) is 98.3 Å². The SMILES string of the molecule is CCCCCCCCC1CC1CCCCCCOCCCC(C)(C)C. The molecule has 0 heterocycles. The third-order valence-corrected chi connectivity index (χ3v) is 5.83. The fraction of sp³-hybridized carbons (Fsp3) is 1.00. The lowest BCUT2D eigenvalue weighted by Gasteiger charge is -2.17. The summed E-state index contributed by atoms with van der Waals surface area (Å²) >= 11 is 0. The molecule has 1 nitrogen and oxygen atoms in total. The molecule has 0 amide bonds. The van der Waals surface area contributed by atoms with Crippen molar-refractivity contribution in [1.29, 1.82) is 0 Å². The van der Waals surface area contributed by atoms with Crippen molar-refractivity contribution in [1.82, 2.24) is 0 Å². The molecule has 0 aromatic carbocycles. The van der Waals surface area contributed by atoms with E-state index >= 15 is 0 Å². The predicted molar refractivity (Wildman–Crippen MR) is 112 cm³/mol. The van der Waals surface area contributed by atoms with E-state index in [1.165, 1.54) is 89.9 Å². The Kier molecular flexibility index (Phi) is 12.9. The molecule has 1 saturated carbocycles. The lowest BCUT2D eigenvalue weighted by Crippen LogP contribution is -2.07. The van der Waals surface area contributed by atoms with Crippen molar-refractivity contribution in [3.05, 3.63) is 0 Å². The lowest BCUT2D eigenvalue weighted by atomic mass is 9.91. The monoisotopic (exact) mass is 352 g/mol. The second-order valence-electron chi connectivity index (χ2n) is 9.79. The molecule has 0 radical (unpaired) electrons. The zero-order valence-corrected chi connectivity index (χ0v) is 18.1. The summed E-state index contributed by atoms with van der Waals surface area (Å²) in [6.07, 6.45) is 21.3. The topological polar surface area (TPSA) is 9.23 Å². The largest absolute Gasteiger partial charge is 0.381 e. The Bertz CT molecular complexity index is 291. The summed E-state index contributed by atoms with van der Waals surface area (Å²) in [5.41, 5.74) is 0.457. The maximum absolute atomic E-state index is 5.77. The van der Waals surface area contributed by atoms with Gasteiger partial charge in [-0.05, 0) is 42.9 Å². The van der Waals surface area contributed by atoms with E-state index in [2.05, 4.69) is 27.7 Å². The molecule has 0 saturated heterocycles. The first-order valence-corrected chi connectivity index (χ1v) is 11.6. The van der Waals surface area contributed by atoms with Crippen molar-refractivity contribution in [3.8, 4) is 0 Å². The second-order valence-corrected chi connectivity index (χ2v) is 9.79. The van der Waals surface area contributed by atoms with Gasteiger partial charge in [0.25, 0.3) is 0 Å². The lowest BCUT2D eigenvalue weighted by molar-refractivity contribution is 0.118. The van der Waals surface area contributed by atoms with Crippen LogP contribution in [0.2, 0.25) is 0 Å². The number of rotatable bonds is 17. The zero-order valence-electron chi connectivity index (χ0n) is 18.1. The maximum atomic E-state index is 5.77. The summed E-state index contributed by atoms with van der Waals surface area (Å²) in [7, 11) is 0. The Morgan fingerprint density at radius 1 is 0.680 bits per heavy atom. The molecule has 2 unspecified atom stereocenters. The molecule has 150 valence electrons. The van der Waals surface area contributed by atoms with Gasteiger partial charge < -0.3 is 4.74 Å². The molecule has 0 aliphatic heterocycles. The van der Waals surface area contributed by atoms with E-state index < -0.39 is 0 Å². The van der Waals surface area contributed by atoms with Crippen LogP contribution in [0.3, 0.4) is 0 Å². The van der Waals surface area contributed by atoms with Crippen LogP contribution in [0.15, 0.2) is 0 Å². The number of ether oxygens (including phenoxy) is 1. The zero-order chi connectivity index (χ0) is 18.4. The Balaban J connectivity index is 1.74. The smallest absolute Gasteiger partial charge is 0.0466 e. The van der Waals surface area contributed by atoms with Gasteiger partial charge in [0.2, 0.25) is 0 Å². The summed E-state index contributed by atoms with van der Waals surface area (Å²) in [6.45, 7) is 11.2. The number of hydrogen-bond acceptors (Lipinski definition) is 1. The highest BCUT2D eigenvalue weighted by atomic mass is 16.5. The van der Waals surface area contributed by atoms with Crippen molar-refractivity contribution in [3.63, 3.8) is 0 Å². The summed E-state index contributed by atoms with van der Waals surface area (Å²) in [4.78, 5) is 0. The first-order chi connectivity index (χ1) is 12.0. The van der Waals surface area contributed by atoms with E-state index in [1.54, 1.807) is 6.42 Å². The van der Waals surface area contributed by atoms with Crippen LogP contribution >= 0.6 is 0 Å². The van der Waals surface area contributed by atoms with Gasteiger partial charge in [-0.3, -0.25) is 0 Å². The number of hydrogen-bond donors (Lipinski definition) is 0. The van der Waals surface area contributed by atoms with Gasteiger partial charge in [0.05, 0.1) is 0 Å². The average molecular weight is 353 g/mol.